The maximum atomic E-state index is 6.52. The molecule has 1 fully saturated rings. The summed E-state index contributed by atoms with van der Waals surface area (Å²) in [6.07, 6.45) is 41.5. The topological polar surface area (TPSA) is 35.2 Å². The van der Waals surface area contributed by atoms with Crippen molar-refractivity contribution in [2.45, 2.75) is 174 Å². The van der Waals surface area contributed by atoms with Crippen molar-refractivity contribution in [3.8, 4) is 0 Å². The Morgan fingerprint density at radius 3 is 1.67 bits per heavy atom. The number of rotatable bonds is 26. The first-order valence-corrected chi connectivity index (χ1v) is 16.4. The van der Waals surface area contributed by atoms with Crippen LogP contribution >= 0.6 is 0 Å². The largest absolute Gasteiger partial charge is 0.375 e. The Bertz CT molecular complexity index is 513. The number of ether oxygens (including phenoxy) is 1. The highest BCUT2D eigenvalue weighted by Gasteiger charge is 2.38. The quantitative estimate of drug-likeness (QED) is 0.0940. The van der Waals surface area contributed by atoms with E-state index in [2.05, 4.69) is 38.2 Å². The summed E-state index contributed by atoms with van der Waals surface area (Å²) in [5.41, 5.74) is 6.04. The van der Waals surface area contributed by atoms with Gasteiger partial charge in [0.05, 0.1) is 12.2 Å². The van der Waals surface area contributed by atoms with Gasteiger partial charge in [-0.25, -0.2) is 0 Å². The Morgan fingerprint density at radius 2 is 1.11 bits per heavy atom. The molecule has 0 amide bonds. The van der Waals surface area contributed by atoms with Gasteiger partial charge in [0.2, 0.25) is 0 Å². The monoisotopic (exact) mass is 504 g/mol. The van der Waals surface area contributed by atoms with Crippen molar-refractivity contribution in [1.29, 1.82) is 0 Å². The molecule has 1 aliphatic rings. The van der Waals surface area contributed by atoms with Gasteiger partial charge in [-0.2, -0.15) is 0 Å². The second-order valence-electron chi connectivity index (χ2n) is 11.7. The van der Waals surface area contributed by atoms with Crippen molar-refractivity contribution in [3.63, 3.8) is 0 Å². The Morgan fingerprint density at radius 1 is 0.639 bits per heavy atom. The van der Waals surface area contributed by atoms with Crippen LogP contribution in [0.2, 0.25) is 0 Å². The van der Waals surface area contributed by atoms with E-state index >= 15 is 0 Å². The lowest BCUT2D eigenvalue weighted by Gasteiger charge is -2.29. The summed E-state index contributed by atoms with van der Waals surface area (Å²) < 4.78 is 6.52. The van der Waals surface area contributed by atoms with E-state index in [-0.39, 0.29) is 5.60 Å². The van der Waals surface area contributed by atoms with E-state index in [4.69, 9.17) is 10.5 Å². The summed E-state index contributed by atoms with van der Waals surface area (Å²) >= 11 is 0. The molecule has 2 atom stereocenters. The summed E-state index contributed by atoms with van der Waals surface area (Å²) in [6.45, 7) is 6.34. The summed E-state index contributed by atoms with van der Waals surface area (Å²) in [5.74, 6) is 0.702. The highest BCUT2D eigenvalue weighted by atomic mass is 16.5. The summed E-state index contributed by atoms with van der Waals surface area (Å²) in [7, 11) is 0. The van der Waals surface area contributed by atoms with Crippen LogP contribution in [0.3, 0.4) is 0 Å². The van der Waals surface area contributed by atoms with Gasteiger partial charge in [-0.15, -0.1) is 0 Å². The smallest absolute Gasteiger partial charge is 0.0686 e. The van der Waals surface area contributed by atoms with Crippen LogP contribution in [0.25, 0.3) is 0 Å². The molecule has 2 unspecified atom stereocenters. The fourth-order valence-corrected chi connectivity index (χ4v) is 5.85. The molecular weight excluding hydrogens is 438 g/mol. The number of hydrogen-bond donors (Lipinski definition) is 1. The third-order valence-corrected chi connectivity index (χ3v) is 8.18. The standard InChI is InChI=1S/C34H65NO/c1-3-5-7-9-11-13-14-15-16-17-18-19-20-22-24-26-29-34(31-33(27-30-35)32-36-34)28-25-23-21-12-10-8-6-4-2/h11,13,15-16,33H,3-10,12,14,17-32,35H2,1-2H3/b13-11-,16-15-. The predicted octanol–water partition coefficient (Wildman–Crippen LogP) is 10.8. The molecule has 1 rings (SSSR count). The predicted molar refractivity (Wildman–Crippen MR) is 162 cm³/mol. The average molecular weight is 504 g/mol. The lowest BCUT2D eigenvalue weighted by atomic mass is 9.83. The molecule has 0 bridgehead atoms. The van der Waals surface area contributed by atoms with Gasteiger partial charge in [-0.3, -0.25) is 0 Å². The summed E-state index contributed by atoms with van der Waals surface area (Å²) in [6, 6.07) is 0. The molecule has 0 aliphatic carbocycles. The molecule has 2 heteroatoms. The van der Waals surface area contributed by atoms with Gasteiger partial charge in [0.25, 0.3) is 0 Å². The minimum absolute atomic E-state index is 0.178. The van der Waals surface area contributed by atoms with E-state index in [1.54, 1.807) is 0 Å². The first kappa shape index (κ1) is 33.4. The van der Waals surface area contributed by atoms with Crippen LogP contribution in [-0.4, -0.2) is 18.8 Å². The molecule has 2 nitrogen and oxygen atoms in total. The third kappa shape index (κ3) is 18.6. The molecule has 212 valence electrons. The lowest BCUT2D eigenvalue weighted by Crippen LogP contribution is -2.28. The summed E-state index contributed by atoms with van der Waals surface area (Å²) in [5, 5.41) is 0. The first-order chi connectivity index (χ1) is 17.8. The van der Waals surface area contributed by atoms with Crippen molar-refractivity contribution >= 4 is 0 Å². The van der Waals surface area contributed by atoms with E-state index < -0.39 is 0 Å². The zero-order valence-electron chi connectivity index (χ0n) is 24.8. The van der Waals surface area contributed by atoms with Crippen molar-refractivity contribution in [2.75, 3.05) is 13.2 Å². The Hall–Kier alpha value is -0.600. The van der Waals surface area contributed by atoms with Crippen molar-refractivity contribution in [2.24, 2.45) is 11.7 Å². The second kappa shape index (κ2) is 24.7. The van der Waals surface area contributed by atoms with Gasteiger partial charge in [0, 0.05) is 0 Å². The van der Waals surface area contributed by atoms with E-state index in [1.807, 2.05) is 0 Å². The second-order valence-corrected chi connectivity index (χ2v) is 11.7. The third-order valence-electron chi connectivity index (χ3n) is 8.18. The molecule has 36 heavy (non-hydrogen) atoms. The zero-order valence-corrected chi connectivity index (χ0v) is 24.8. The molecule has 1 heterocycles. The maximum absolute atomic E-state index is 6.52. The van der Waals surface area contributed by atoms with Crippen LogP contribution < -0.4 is 5.73 Å². The van der Waals surface area contributed by atoms with Crippen LogP contribution in [0.1, 0.15) is 168 Å². The van der Waals surface area contributed by atoms with Crippen molar-refractivity contribution < 1.29 is 4.74 Å². The molecule has 2 N–H and O–H groups in total. The molecule has 0 aromatic carbocycles. The molecule has 0 saturated carbocycles. The Balaban J connectivity index is 2.09. The van der Waals surface area contributed by atoms with E-state index in [0.29, 0.717) is 5.92 Å². The van der Waals surface area contributed by atoms with E-state index in [1.165, 1.54) is 141 Å². The number of hydrogen-bond acceptors (Lipinski definition) is 2. The van der Waals surface area contributed by atoms with Gasteiger partial charge < -0.3 is 10.5 Å². The number of allylic oxidation sites excluding steroid dienone is 4. The van der Waals surface area contributed by atoms with Gasteiger partial charge in [0.15, 0.2) is 0 Å². The molecule has 0 aromatic rings. The molecular formula is C34H65NO. The first-order valence-electron chi connectivity index (χ1n) is 16.4. The molecule has 1 saturated heterocycles. The van der Waals surface area contributed by atoms with Gasteiger partial charge in [0.1, 0.15) is 0 Å². The van der Waals surface area contributed by atoms with Gasteiger partial charge in [-0.05, 0) is 70.3 Å². The SMILES string of the molecule is CCCCC/C=C\C/C=C\CCCCCCCCC1(CCCCCCCCCC)CC(CCN)CO1. The van der Waals surface area contributed by atoms with Crippen LogP contribution in [0.5, 0.6) is 0 Å². The van der Waals surface area contributed by atoms with E-state index in [0.717, 1.165) is 26.0 Å². The average Bonchev–Trinajstić information content (AvgIpc) is 3.28. The highest BCUT2D eigenvalue weighted by molar-refractivity contribution is 4.93. The minimum Gasteiger partial charge on any atom is -0.375 e. The normalized spacial score (nSPS) is 20.4. The lowest BCUT2D eigenvalue weighted by molar-refractivity contribution is -0.0142. The molecule has 0 radical (unpaired) electrons. The number of unbranched alkanes of at least 4 members (excludes halogenated alkanes) is 16. The Kier molecular flexibility index (Phi) is 23.0. The zero-order chi connectivity index (χ0) is 26.0. The van der Waals surface area contributed by atoms with Crippen LogP contribution in [0, 0.1) is 5.92 Å². The van der Waals surface area contributed by atoms with Gasteiger partial charge >= 0.3 is 0 Å². The minimum atomic E-state index is 0.178. The van der Waals surface area contributed by atoms with Gasteiger partial charge in [-0.1, -0.05) is 134 Å². The number of nitrogens with two attached hydrogens (primary N) is 1. The Labute approximate surface area is 227 Å². The molecule has 0 aromatic heterocycles. The van der Waals surface area contributed by atoms with Crippen molar-refractivity contribution in [1.82, 2.24) is 0 Å². The fraction of sp³-hybridized carbons (Fsp3) is 0.882. The maximum Gasteiger partial charge on any atom is 0.0686 e. The van der Waals surface area contributed by atoms with Crippen molar-refractivity contribution in [3.05, 3.63) is 24.3 Å². The van der Waals surface area contributed by atoms with Crippen LogP contribution in [0.15, 0.2) is 24.3 Å². The molecule has 0 spiro atoms. The highest BCUT2D eigenvalue weighted by Crippen LogP contribution is 2.40. The van der Waals surface area contributed by atoms with Crippen LogP contribution in [0.4, 0.5) is 0 Å². The molecule has 1 aliphatic heterocycles. The summed E-state index contributed by atoms with van der Waals surface area (Å²) in [4.78, 5) is 0. The van der Waals surface area contributed by atoms with E-state index in [9.17, 15) is 0 Å². The van der Waals surface area contributed by atoms with Crippen LogP contribution in [-0.2, 0) is 4.74 Å². The fourth-order valence-electron chi connectivity index (χ4n) is 5.85.